The van der Waals surface area contributed by atoms with E-state index in [2.05, 4.69) is 20.7 Å². The zero-order chi connectivity index (χ0) is 21.3. The first kappa shape index (κ1) is 19.3. The van der Waals surface area contributed by atoms with Gasteiger partial charge in [0, 0.05) is 23.1 Å². The van der Waals surface area contributed by atoms with Crippen LogP contribution in [0.4, 0.5) is 21.7 Å². The molecule has 0 fully saturated rings. The van der Waals surface area contributed by atoms with Crippen LogP contribution in [0, 0.1) is 19.7 Å². The van der Waals surface area contributed by atoms with E-state index in [1.807, 2.05) is 6.07 Å². The van der Waals surface area contributed by atoms with Crippen molar-refractivity contribution in [3.8, 4) is 0 Å². The van der Waals surface area contributed by atoms with Crippen molar-refractivity contribution < 1.29 is 9.18 Å². The molecule has 0 radical (unpaired) electrons. The van der Waals surface area contributed by atoms with Gasteiger partial charge in [-0.3, -0.25) is 4.79 Å². The van der Waals surface area contributed by atoms with Crippen LogP contribution in [0.3, 0.4) is 0 Å². The van der Waals surface area contributed by atoms with Crippen molar-refractivity contribution in [2.45, 2.75) is 20.4 Å². The van der Waals surface area contributed by atoms with Gasteiger partial charge in [-0.25, -0.2) is 23.3 Å². The maximum Gasteiger partial charge on any atom is 0.353 e. The van der Waals surface area contributed by atoms with Crippen LogP contribution in [0.1, 0.15) is 11.3 Å². The Morgan fingerprint density at radius 3 is 2.57 bits per heavy atom. The Morgan fingerprint density at radius 1 is 1.07 bits per heavy atom. The number of carbonyl (C=O) groups is 1. The fraction of sp³-hybridized carbons (Fsp3) is 0.143. The molecule has 2 aromatic carbocycles. The number of amides is 1. The molecule has 2 heterocycles. The molecule has 0 unspecified atom stereocenters. The highest BCUT2D eigenvalue weighted by molar-refractivity contribution is 5.90. The first-order valence-corrected chi connectivity index (χ1v) is 9.26. The van der Waals surface area contributed by atoms with Crippen LogP contribution in [0.15, 0.2) is 59.4 Å². The van der Waals surface area contributed by atoms with Gasteiger partial charge >= 0.3 is 5.69 Å². The van der Waals surface area contributed by atoms with Gasteiger partial charge in [0.15, 0.2) is 5.65 Å². The second-order valence-electron chi connectivity index (χ2n) is 6.86. The van der Waals surface area contributed by atoms with Gasteiger partial charge in [0.05, 0.1) is 0 Å². The zero-order valence-electron chi connectivity index (χ0n) is 16.4. The van der Waals surface area contributed by atoms with Crippen LogP contribution >= 0.6 is 0 Å². The van der Waals surface area contributed by atoms with E-state index < -0.39 is 5.69 Å². The normalized spacial score (nSPS) is 10.9. The van der Waals surface area contributed by atoms with Crippen LogP contribution in [0.2, 0.25) is 0 Å². The number of nitrogens with zero attached hydrogens (tertiary/aromatic N) is 4. The summed E-state index contributed by atoms with van der Waals surface area (Å²) in [6.45, 7) is 3.16. The molecule has 152 valence electrons. The fourth-order valence-corrected chi connectivity index (χ4v) is 3.00. The minimum atomic E-state index is -0.532. The molecule has 0 aliphatic carbocycles. The highest BCUT2D eigenvalue weighted by Gasteiger charge is 2.16. The largest absolute Gasteiger partial charge is 0.353 e. The van der Waals surface area contributed by atoms with Gasteiger partial charge in [-0.15, -0.1) is 5.10 Å². The summed E-state index contributed by atoms with van der Waals surface area (Å²) in [4.78, 5) is 29.6. The van der Waals surface area contributed by atoms with Crippen molar-refractivity contribution in [3.63, 3.8) is 0 Å². The van der Waals surface area contributed by atoms with Gasteiger partial charge in [0.1, 0.15) is 12.4 Å². The van der Waals surface area contributed by atoms with E-state index in [1.54, 1.807) is 56.3 Å². The molecule has 0 spiro atoms. The maximum atomic E-state index is 13.9. The zero-order valence-corrected chi connectivity index (χ0v) is 16.4. The number of halogens is 1. The quantitative estimate of drug-likeness (QED) is 0.531. The van der Waals surface area contributed by atoms with Crippen LogP contribution in [-0.2, 0) is 11.3 Å². The standard InChI is InChI=1S/C21H19FN6O2/c1-13-8-9-16(11-17(13)22)25-20-23-14(2)10-18-26-27(21(30)28(18)20)12-19(29)24-15-6-4-3-5-7-15/h3-11H,12H2,1-2H3,(H,23,25)(H,24,29). The van der Waals surface area contributed by atoms with Gasteiger partial charge in [-0.05, 0) is 43.7 Å². The summed E-state index contributed by atoms with van der Waals surface area (Å²) in [5, 5.41) is 9.92. The molecule has 8 nitrogen and oxygen atoms in total. The van der Waals surface area contributed by atoms with E-state index in [9.17, 15) is 14.0 Å². The topological polar surface area (TPSA) is 93.3 Å². The number of benzene rings is 2. The van der Waals surface area contributed by atoms with Crippen molar-refractivity contribution in [2.24, 2.45) is 0 Å². The van der Waals surface area contributed by atoms with Gasteiger partial charge in [0.25, 0.3) is 0 Å². The van der Waals surface area contributed by atoms with E-state index >= 15 is 0 Å². The number of carbonyl (C=O) groups excluding carboxylic acids is 1. The lowest BCUT2D eigenvalue weighted by Gasteiger charge is -2.08. The second-order valence-corrected chi connectivity index (χ2v) is 6.86. The SMILES string of the molecule is Cc1cc2nn(CC(=O)Nc3ccccc3)c(=O)n2c(Nc2ccc(C)c(F)c2)n1. The van der Waals surface area contributed by atoms with Crippen molar-refractivity contribution in [3.05, 3.63) is 82.2 Å². The van der Waals surface area contributed by atoms with E-state index in [0.717, 1.165) is 4.68 Å². The third kappa shape index (κ3) is 3.90. The van der Waals surface area contributed by atoms with Gasteiger partial charge < -0.3 is 10.6 Å². The predicted octanol–water partition coefficient (Wildman–Crippen LogP) is 3.03. The van der Waals surface area contributed by atoms with Crippen molar-refractivity contribution >= 4 is 28.9 Å². The Kier molecular flexibility index (Phi) is 5.01. The molecule has 30 heavy (non-hydrogen) atoms. The minimum absolute atomic E-state index is 0.188. The van der Waals surface area contributed by atoms with E-state index in [0.29, 0.717) is 28.3 Å². The summed E-state index contributed by atoms with van der Waals surface area (Å²) in [6, 6.07) is 15.2. The smallest absolute Gasteiger partial charge is 0.325 e. The molecule has 0 aliphatic heterocycles. The third-order valence-corrected chi connectivity index (χ3v) is 4.48. The van der Waals surface area contributed by atoms with Crippen LogP contribution in [0.25, 0.3) is 5.65 Å². The molecule has 9 heteroatoms. The summed E-state index contributed by atoms with van der Waals surface area (Å²) < 4.78 is 16.2. The molecule has 2 N–H and O–H groups in total. The molecule has 4 rings (SSSR count). The molecule has 1 amide bonds. The van der Waals surface area contributed by atoms with Gasteiger partial charge in [0.2, 0.25) is 11.9 Å². The molecular formula is C21H19FN6O2. The van der Waals surface area contributed by atoms with E-state index in [4.69, 9.17) is 0 Å². The molecule has 0 saturated carbocycles. The first-order chi connectivity index (χ1) is 14.4. The number of para-hydroxylation sites is 1. The highest BCUT2D eigenvalue weighted by atomic mass is 19.1. The molecule has 0 aliphatic rings. The molecule has 2 aromatic heterocycles. The number of aromatic nitrogens is 4. The monoisotopic (exact) mass is 406 g/mol. The Hall–Kier alpha value is -4.01. The average molecular weight is 406 g/mol. The molecular weight excluding hydrogens is 387 g/mol. The number of aryl methyl sites for hydroxylation is 2. The predicted molar refractivity (Wildman–Crippen MR) is 111 cm³/mol. The maximum absolute atomic E-state index is 13.9. The Morgan fingerprint density at radius 2 is 1.83 bits per heavy atom. The Balaban J connectivity index is 1.66. The summed E-state index contributed by atoms with van der Waals surface area (Å²) in [6.07, 6.45) is 0. The number of nitrogens with one attached hydrogen (secondary N) is 2. The third-order valence-electron chi connectivity index (χ3n) is 4.48. The minimum Gasteiger partial charge on any atom is -0.325 e. The number of anilines is 3. The molecule has 0 saturated heterocycles. The molecule has 4 aromatic rings. The van der Waals surface area contributed by atoms with Crippen molar-refractivity contribution in [1.82, 2.24) is 19.2 Å². The van der Waals surface area contributed by atoms with E-state index in [-0.39, 0.29) is 24.2 Å². The lowest BCUT2D eigenvalue weighted by atomic mass is 10.2. The van der Waals surface area contributed by atoms with E-state index in [1.165, 1.54) is 10.5 Å². The summed E-state index contributed by atoms with van der Waals surface area (Å²) in [5.41, 5.74) is 1.99. The highest BCUT2D eigenvalue weighted by Crippen LogP contribution is 2.18. The van der Waals surface area contributed by atoms with Crippen molar-refractivity contribution in [2.75, 3.05) is 10.6 Å². The summed E-state index contributed by atoms with van der Waals surface area (Å²) in [5.74, 6) is -0.566. The number of rotatable bonds is 5. The second kappa shape index (κ2) is 7.78. The number of hydrogen-bond donors (Lipinski definition) is 2. The Labute approximate surface area is 171 Å². The average Bonchev–Trinajstić information content (AvgIpc) is 3.00. The number of fused-ring (bicyclic) bond motifs is 1. The molecule has 0 bridgehead atoms. The summed E-state index contributed by atoms with van der Waals surface area (Å²) >= 11 is 0. The van der Waals surface area contributed by atoms with Crippen molar-refractivity contribution in [1.29, 1.82) is 0 Å². The van der Waals surface area contributed by atoms with Crippen LogP contribution in [0.5, 0.6) is 0 Å². The molecule has 0 atom stereocenters. The fourth-order valence-electron chi connectivity index (χ4n) is 3.00. The Bertz CT molecular complexity index is 1300. The van der Waals surface area contributed by atoms with Gasteiger partial charge in [-0.1, -0.05) is 24.3 Å². The summed E-state index contributed by atoms with van der Waals surface area (Å²) in [7, 11) is 0. The van der Waals surface area contributed by atoms with Crippen LogP contribution in [-0.4, -0.2) is 25.1 Å². The lowest BCUT2D eigenvalue weighted by Crippen LogP contribution is -2.29. The number of hydrogen-bond acceptors (Lipinski definition) is 5. The van der Waals surface area contributed by atoms with Gasteiger partial charge in [-0.2, -0.15) is 0 Å². The lowest BCUT2D eigenvalue weighted by molar-refractivity contribution is -0.117. The van der Waals surface area contributed by atoms with Crippen LogP contribution < -0.4 is 16.3 Å². The first-order valence-electron chi connectivity index (χ1n) is 9.26.